The Bertz CT molecular complexity index is 15.5. The molecule has 0 fully saturated rings. The maximum absolute atomic E-state index is 7.00. The number of hydrogen-bond acceptors (Lipinski definition) is 1. The van der Waals surface area contributed by atoms with Gasteiger partial charge in [-0.1, -0.05) is 0 Å². The summed E-state index contributed by atoms with van der Waals surface area (Å²) in [5.41, 5.74) is 0. The first-order chi connectivity index (χ1) is 2.73. The predicted octanol–water partition coefficient (Wildman–Crippen LogP) is 1.30. The molecule has 0 saturated carbocycles. The van der Waals surface area contributed by atoms with E-state index in [0.29, 0.717) is 0 Å². The summed E-state index contributed by atoms with van der Waals surface area (Å²) in [6.45, 7) is 0. The summed E-state index contributed by atoms with van der Waals surface area (Å²) in [5, 5.41) is 7.00. The Morgan fingerprint density at radius 1 is 1.17 bits per heavy atom. The lowest BCUT2D eigenvalue weighted by Gasteiger charge is -1.61. The zero-order valence-corrected chi connectivity index (χ0v) is 5.43. The summed E-state index contributed by atoms with van der Waals surface area (Å²) >= 11 is 14.4. The van der Waals surface area contributed by atoms with E-state index in [1.54, 1.807) is 0 Å². The van der Waals surface area contributed by atoms with Crippen LogP contribution in [-0.4, -0.2) is 17.2 Å². The summed E-state index contributed by atoms with van der Waals surface area (Å²) < 4.78 is 0. The molecule has 0 aliphatic heterocycles. The zero-order chi connectivity index (χ0) is 5.58. The third-order valence-corrected chi connectivity index (χ3v) is 0. The first kappa shape index (κ1) is 10.00. The maximum atomic E-state index is 7.00. The van der Waals surface area contributed by atoms with Crippen molar-refractivity contribution >= 4 is 39.3 Å². The minimum Gasteiger partial charge on any atom is -0.400 e. The van der Waals surface area contributed by atoms with Crippen molar-refractivity contribution in [1.82, 2.24) is 0 Å². The van der Waals surface area contributed by atoms with Gasteiger partial charge < -0.3 is 5.11 Å². The van der Waals surface area contributed by atoms with Crippen LogP contribution in [0.1, 0.15) is 0 Å². The number of rotatable bonds is 0. The minimum absolute atomic E-state index is 0.750. The predicted molar refractivity (Wildman–Crippen MR) is 31.5 cm³/mol. The second-order valence-corrected chi connectivity index (χ2v) is 2.23. The molecule has 0 rings (SSSR count). The smallest absolute Gasteiger partial charge is 0.400 e. The molecule has 0 atom stereocenters. The summed E-state index contributed by atoms with van der Waals surface area (Å²) in [7, 11) is 1.00. The summed E-state index contributed by atoms with van der Waals surface area (Å²) in [6.07, 6.45) is 0. The molecule has 1 nitrogen and oxygen atoms in total. The molecule has 0 aromatic heterocycles. The van der Waals surface area contributed by atoms with Crippen molar-refractivity contribution in [3.8, 4) is 0 Å². The molecule has 0 heterocycles. The molecule has 0 aliphatic rings. The monoisotopic (exact) mass is 148 g/mol. The van der Waals surface area contributed by atoms with Gasteiger partial charge in [0.2, 0.25) is 0 Å². The molecule has 0 saturated heterocycles. The van der Waals surface area contributed by atoms with Crippen LogP contribution in [0.5, 0.6) is 0 Å². The highest BCUT2D eigenvalue weighted by Gasteiger charge is 1.91. The van der Waals surface area contributed by atoms with Gasteiger partial charge in [0.05, 0.1) is 0 Å². The normalized spacial score (nSPS) is 5.50. The number of hydrogen-bond donors (Lipinski definition) is 1. The fraction of sp³-hybridized carbons (Fsp3) is 1.00. The zero-order valence-electron chi connectivity index (χ0n) is 3.16. The number of aliphatic hydroxyl groups excluding tert-OH is 1. The summed E-state index contributed by atoms with van der Waals surface area (Å²) in [4.78, 5) is -0.750. The minimum atomic E-state index is -0.750. The quantitative estimate of drug-likeness (QED) is 0.515. The van der Waals surface area contributed by atoms with Gasteiger partial charge in [-0.25, -0.2) is 0 Å². The average Bonchev–Trinajstić information content (AvgIpc) is 1.41. The number of halogens is 3. The van der Waals surface area contributed by atoms with Gasteiger partial charge >= 0.3 is 4.96 Å². The van der Waals surface area contributed by atoms with E-state index in [9.17, 15) is 0 Å². The van der Waals surface area contributed by atoms with Crippen LogP contribution in [0.25, 0.3) is 0 Å². The van der Waals surface area contributed by atoms with E-state index in [2.05, 4.69) is 0 Å². The highest BCUT2D eigenvalue weighted by Crippen LogP contribution is 1.97. The Morgan fingerprint density at radius 2 is 1.17 bits per heavy atom. The Hall–Kier alpha value is 0.895. The van der Waals surface area contributed by atoms with E-state index in [0.717, 1.165) is 7.11 Å². The molecule has 0 aliphatic carbocycles. The molecular weight excluding hydrogens is 145 g/mol. The fourth-order valence-electron chi connectivity index (χ4n) is 0. The van der Waals surface area contributed by atoms with E-state index in [1.165, 1.54) is 0 Å². The Kier molecular flexibility index (Phi) is 15.5. The van der Waals surface area contributed by atoms with Crippen molar-refractivity contribution in [3.05, 3.63) is 0 Å². The lowest BCUT2D eigenvalue weighted by atomic mass is 10.7. The Labute approximate surface area is 52.0 Å². The molecule has 0 amide bonds. The first-order valence-corrected chi connectivity index (χ1v) is 2.41. The van der Waals surface area contributed by atoms with Gasteiger partial charge in [0.1, 0.15) is 0 Å². The molecule has 0 unspecified atom stereocenters. The SMILES string of the molecule is CO.ClB(Cl)Cl. The van der Waals surface area contributed by atoms with Crippen LogP contribution in [0.3, 0.4) is 0 Å². The van der Waals surface area contributed by atoms with Gasteiger partial charge in [0, 0.05) is 7.11 Å². The first-order valence-electron chi connectivity index (χ1n) is 1.10. The molecule has 0 bridgehead atoms. The average molecular weight is 149 g/mol. The molecule has 1 N–H and O–H groups in total. The maximum Gasteiger partial charge on any atom is 0.450 e. The molecule has 38 valence electrons. The number of aliphatic hydroxyl groups is 1. The van der Waals surface area contributed by atoms with Crippen molar-refractivity contribution in [3.63, 3.8) is 0 Å². The van der Waals surface area contributed by atoms with Gasteiger partial charge in [-0.2, -0.15) is 34.4 Å². The van der Waals surface area contributed by atoms with Crippen LogP contribution in [0.2, 0.25) is 0 Å². The lowest BCUT2D eigenvalue weighted by Crippen LogP contribution is -1.66. The molecule has 6 heavy (non-hydrogen) atoms. The van der Waals surface area contributed by atoms with Crippen LogP contribution >= 0.6 is 34.4 Å². The highest BCUT2D eigenvalue weighted by molar-refractivity contribution is 7.54. The van der Waals surface area contributed by atoms with Crippen molar-refractivity contribution in [2.45, 2.75) is 0 Å². The summed E-state index contributed by atoms with van der Waals surface area (Å²) in [6, 6.07) is 0. The molecule has 0 radical (unpaired) electrons. The van der Waals surface area contributed by atoms with Crippen LogP contribution in [0.4, 0.5) is 0 Å². The van der Waals surface area contributed by atoms with E-state index >= 15 is 0 Å². The molecule has 5 heteroatoms. The van der Waals surface area contributed by atoms with E-state index in [1.807, 2.05) is 0 Å². The fourth-order valence-corrected chi connectivity index (χ4v) is 0. The second-order valence-electron chi connectivity index (χ2n) is 0.247. The molecule has 0 aromatic rings. The van der Waals surface area contributed by atoms with E-state index < -0.39 is 4.96 Å². The van der Waals surface area contributed by atoms with Crippen LogP contribution < -0.4 is 0 Å². The van der Waals surface area contributed by atoms with Gasteiger partial charge in [-0.3, -0.25) is 0 Å². The topological polar surface area (TPSA) is 20.2 Å². The van der Waals surface area contributed by atoms with Gasteiger partial charge in [-0.15, -0.1) is 0 Å². The van der Waals surface area contributed by atoms with E-state index in [-0.39, 0.29) is 0 Å². The Balaban J connectivity index is 0. The van der Waals surface area contributed by atoms with Crippen molar-refractivity contribution in [2.75, 3.05) is 7.11 Å². The van der Waals surface area contributed by atoms with E-state index in [4.69, 9.17) is 39.5 Å². The standard InChI is InChI=1S/CH4O.BCl3/c1-2;2-1(3)4/h2H,1H3;. The van der Waals surface area contributed by atoms with Crippen LogP contribution in [-0.2, 0) is 0 Å². The van der Waals surface area contributed by atoms with Gasteiger partial charge in [0.25, 0.3) is 0 Å². The second kappa shape index (κ2) is 9.31. The van der Waals surface area contributed by atoms with Crippen molar-refractivity contribution in [1.29, 1.82) is 0 Å². The van der Waals surface area contributed by atoms with Gasteiger partial charge in [0.15, 0.2) is 0 Å². The highest BCUT2D eigenvalue weighted by atomic mass is 35.6. The summed E-state index contributed by atoms with van der Waals surface area (Å²) in [5.74, 6) is 0. The Morgan fingerprint density at radius 3 is 1.17 bits per heavy atom. The third-order valence-electron chi connectivity index (χ3n) is 0. The van der Waals surface area contributed by atoms with Gasteiger partial charge in [-0.05, 0) is 0 Å². The molecule has 0 aromatic carbocycles. The van der Waals surface area contributed by atoms with Crippen molar-refractivity contribution < 1.29 is 5.11 Å². The largest absolute Gasteiger partial charge is 0.450 e. The van der Waals surface area contributed by atoms with Crippen LogP contribution in [0.15, 0.2) is 0 Å². The third kappa shape index (κ3) is 92.7. The lowest BCUT2D eigenvalue weighted by molar-refractivity contribution is 0.399. The molecular formula is CH4BCl3O. The van der Waals surface area contributed by atoms with Crippen molar-refractivity contribution in [2.24, 2.45) is 0 Å². The molecule has 0 spiro atoms. The van der Waals surface area contributed by atoms with Crippen LogP contribution in [0, 0.1) is 0 Å².